The van der Waals surface area contributed by atoms with Gasteiger partial charge in [0.2, 0.25) is 0 Å². The second-order valence-corrected chi connectivity index (χ2v) is 8.66. The van der Waals surface area contributed by atoms with Gasteiger partial charge in [-0.15, -0.1) is 0 Å². The van der Waals surface area contributed by atoms with E-state index >= 15 is 0 Å². The lowest BCUT2D eigenvalue weighted by Gasteiger charge is -2.20. The number of hydrogen-bond acceptors (Lipinski definition) is 6. The van der Waals surface area contributed by atoms with Gasteiger partial charge in [0.1, 0.15) is 0 Å². The third kappa shape index (κ3) is 4.69. The molecule has 0 saturated heterocycles. The fourth-order valence-electron chi connectivity index (χ4n) is 4.54. The van der Waals surface area contributed by atoms with Crippen molar-refractivity contribution < 1.29 is 0 Å². The lowest BCUT2D eigenvalue weighted by atomic mass is 9.97. The van der Waals surface area contributed by atoms with Crippen LogP contribution in [0.1, 0.15) is 0 Å². The van der Waals surface area contributed by atoms with Crippen molar-refractivity contribution in [3.63, 3.8) is 0 Å². The molecule has 1 heterocycles. The summed E-state index contributed by atoms with van der Waals surface area (Å²) in [4.78, 5) is 9.83. The Morgan fingerprint density at radius 3 is 1.59 bits per heavy atom. The third-order valence-corrected chi connectivity index (χ3v) is 6.45. The number of aromatic nitrogens is 2. The van der Waals surface area contributed by atoms with Crippen molar-refractivity contribution in [2.75, 3.05) is 42.8 Å². The number of rotatable bonds is 7. The highest BCUT2D eigenvalue weighted by Gasteiger charge is 2.17. The summed E-state index contributed by atoms with van der Waals surface area (Å²) in [5.41, 5.74) is 16.8. The normalized spacial score (nSPS) is 10.7. The molecule has 0 aliphatic rings. The molecule has 0 aliphatic heterocycles. The van der Waals surface area contributed by atoms with E-state index in [1.165, 1.54) is 0 Å². The van der Waals surface area contributed by atoms with Crippen molar-refractivity contribution in [2.24, 2.45) is 0 Å². The molecule has 0 unspecified atom stereocenters. The van der Waals surface area contributed by atoms with Crippen LogP contribution in [0.4, 0.5) is 22.7 Å². The number of nitrogens with one attached hydrogen (secondary N) is 3. The number of nitrogens with zero attached hydrogens (tertiary/aromatic N) is 2. The second kappa shape index (κ2) is 10.4. The average Bonchev–Trinajstić information content (AvgIpc) is 2.97. The van der Waals surface area contributed by atoms with E-state index in [0.717, 1.165) is 56.3 Å². The van der Waals surface area contributed by atoms with Gasteiger partial charge in [-0.25, -0.2) is 9.97 Å². The molecule has 0 bridgehead atoms. The van der Waals surface area contributed by atoms with Gasteiger partial charge in [-0.3, -0.25) is 0 Å². The molecule has 37 heavy (non-hydrogen) atoms. The van der Waals surface area contributed by atoms with Crippen LogP contribution in [0.25, 0.3) is 45.0 Å². The number of nitrogen functional groups attached to an aromatic ring is 1. The topological polar surface area (TPSA) is 87.9 Å². The summed E-state index contributed by atoms with van der Waals surface area (Å²) in [6, 6.07) is 32.7. The van der Waals surface area contributed by atoms with Gasteiger partial charge in [0.05, 0.1) is 34.1 Å². The molecule has 0 fully saturated rings. The van der Waals surface area contributed by atoms with Crippen molar-refractivity contribution in [3.05, 3.63) is 97.1 Å². The Bertz CT molecular complexity index is 1460. The highest BCUT2D eigenvalue weighted by Crippen LogP contribution is 2.43. The zero-order valence-corrected chi connectivity index (χ0v) is 21.2. The lowest BCUT2D eigenvalue weighted by Crippen LogP contribution is -2.05. The maximum Gasteiger partial charge on any atom is 0.160 e. The molecule has 0 amide bonds. The van der Waals surface area contributed by atoms with Crippen LogP contribution in [0.3, 0.4) is 0 Å². The van der Waals surface area contributed by atoms with Gasteiger partial charge >= 0.3 is 0 Å². The number of benzene rings is 4. The molecular formula is C31H30N6. The van der Waals surface area contributed by atoms with Gasteiger partial charge in [0.15, 0.2) is 5.82 Å². The third-order valence-electron chi connectivity index (χ3n) is 6.45. The average molecular weight is 487 g/mol. The van der Waals surface area contributed by atoms with Crippen molar-refractivity contribution in [2.45, 2.75) is 0 Å². The van der Waals surface area contributed by atoms with Gasteiger partial charge in [-0.2, -0.15) is 0 Å². The van der Waals surface area contributed by atoms with Crippen LogP contribution >= 0.6 is 0 Å². The minimum absolute atomic E-state index is 0.693. The van der Waals surface area contributed by atoms with E-state index in [2.05, 4.69) is 52.3 Å². The molecule has 5 aromatic rings. The summed E-state index contributed by atoms with van der Waals surface area (Å²) in [6.45, 7) is 0. The van der Waals surface area contributed by atoms with Gasteiger partial charge in [0, 0.05) is 43.4 Å². The summed E-state index contributed by atoms with van der Waals surface area (Å²) in [7, 11) is 5.69. The van der Waals surface area contributed by atoms with Gasteiger partial charge in [-0.05, 0) is 17.7 Å². The Morgan fingerprint density at radius 1 is 0.541 bits per heavy atom. The minimum Gasteiger partial charge on any atom is -0.396 e. The molecule has 6 heteroatoms. The minimum atomic E-state index is 0.693. The largest absolute Gasteiger partial charge is 0.396 e. The fourth-order valence-corrected chi connectivity index (χ4v) is 4.54. The second-order valence-electron chi connectivity index (χ2n) is 8.66. The Hall–Kier alpha value is -4.84. The van der Waals surface area contributed by atoms with Crippen molar-refractivity contribution in [1.29, 1.82) is 0 Å². The van der Waals surface area contributed by atoms with Crippen molar-refractivity contribution >= 4 is 22.7 Å². The molecule has 5 N–H and O–H groups in total. The predicted octanol–water partition coefficient (Wildman–Crippen LogP) is 6.85. The summed E-state index contributed by atoms with van der Waals surface area (Å²) in [5.74, 6) is 0.697. The van der Waals surface area contributed by atoms with E-state index in [1.807, 2.05) is 81.8 Å². The molecule has 0 aliphatic carbocycles. The van der Waals surface area contributed by atoms with Crippen LogP contribution in [-0.2, 0) is 0 Å². The summed E-state index contributed by atoms with van der Waals surface area (Å²) < 4.78 is 0. The molecular weight excluding hydrogens is 456 g/mol. The zero-order valence-electron chi connectivity index (χ0n) is 21.2. The lowest BCUT2D eigenvalue weighted by molar-refractivity contribution is 1.18. The van der Waals surface area contributed by atoms with E-state index in [4.69, 9.17) is 15.7 Å². The van der Waals surface area contributed by atoms with Crippen molar-refractivity contribution in [1.82, 2.24) is 9.97 Å². The first-order valence-corrected chi connectivity index (χ1v) is 12.2. The highest BCUT2D eigenvalue weighted by atomic mass is 14.9. The smallest absolute Gasteiger partial charge is 0.160 e. The standard InChI is InChI=1S/C31H30N6/c1-33-26-19-27(34-2)30(35-3)28(29(26)32)22-16-14-21(15-17-22)25-18-24(20-10-6-4-7-11-20)36-31(37-25)23-12-8-5-9-13-23/h4-19,33-35H,32H2,1-3H3. The number of hydrogen-bond donors (Lipinski definition) is 4. The van der Waals surface area contributed by atoms with E-state index in [-0.39, 0.29) is 0 Å². The highest BCUT2D eigenvalue weighted by molar-refractivity contribution is 6.00. The van der Waals surface area contributed by atoms with Crippen LogP contribution in [-0.4, -0.2) is 31.1 Å². The summed E-state index contributed by atoms with van der Waals surface area (Å²) in [5, 5.41) is 9.78. The first kappa shape index (κ1) is 23.9. The molecule has 0 spiro atoms. The number of anilines is 4. The van der Waals surface area contributed by atoms with E-state index in [0.29, 0.717) is 11.5 Å². The Kier molecular flexibility index (Phi) is 6.72. The van der Waals surface area contributed by atoms with E-state index in [1.54, 1.807) is 0 Å². The van der Waals surface area contributed by atoms with Crippen LogP contribution < -0.4 is 21.7 Å². The van der Waals surface area contributed by atoms with Gasteiger partial charge < -0.3 is 21.7 Å². The van der Waals surface area contributed by atoms with E-state index in [9.17, 15) is 0 Å². The molecule has 0 saturated carbocycles. The van der Waals surface area contributed by atoms with Crippen LogP contribution in [0, 0.1) is 0 Å². The molecule has 0 atom stereocenters. The van der Waals surface area contributed by atoms with Crippen LogP contribution in [0.5, 0.6) is 0 Å². The Labute approximate surface area is 217 Å². The van der Waals surface area contributed by atoms with Crippen LogP contribution in [0.15, 0.2) is 97.1 Å². The summed E-state index contributed by atoms with van der Waals surface area (Å²) >= 11 is 0. The molecule has 6 nitrogen and oxygen atoms in total. The fraction of sp³-hybridized carbons (Fsp3) is 0.0968. The first-order chi connectivity index (χ1) is 18.1. The maximum atomic E-state index is 6.59. The predicted molar refractivity (Wildman–Crippen MR) is 157 cm³/mol. The monoisotopic (exact) mass is 486 g/mol. The first-order valence-electron chi connectivity index (χ1n) is 12.2. The van der Waals surface area contributed by atoms with E-state index < -0.39 is 0 Å². The molecule has 1 aromatic heterocycles. The van der Waals surface area contributed by atoms with Gasteiger partial charge in [-0.1, -0.05) is 84.9 Å². The SMILES string of the molecule is CNc1cc(NC)c(NC)c(-c2ccc(-c3cc(-c4ccccc4)nc(-c4ccccc4)n3)cc2)c1N. The Balaban J connectivity index is 1.62. The molecule has 5 rings (SSSR count). The Morgan fingerprint density at radius 2 is 1.05 bits per heavy atom. The number of nitrogens with two attached hydrogens (primary N) is 1. The quantitative estimate of drug-likeness (QED) is 0.188. The summed E-state index contributed by atoms with van der Waals surface area (Å²) in [6.07, 6.45) is 0. The van der Waals surface area contributed by atoms with Crippen LogP contribution in [0.2, 0.25) is 0 Å². The van der Waals surface area contributed by atoms with Crippen molar-refractivity contribution in [3.8, 4) is 45.0 Å². The van der Waals surface area contributed by atoms with Gasteiger partial charge in [0.25, 0.3) is 0 Å². The molecule has 4 aromatic carbocycles. The zero-order chi connectivity index (χ0) is 25.8. The molecule has 184 valence electrons. The maximum absolute atomic E-state index is 6.59. The molecule has 0 radical (unpaired) electrons.